The highest BCUT2D eigenvalue weighted by molar-refractivity contribution is 7.92. The third kappa shape index (κ3) is 10.5. The molecule has 0 aliphatic carbocycles. The minimum Gasteiger partial charge on any atom is -0.481 e. The minimum absolute atomic E-state index is 0.0267. The fourth-order valence-corrected chi connectivity index (χ4v) is 2.84. The number of carboxylic acids is 1. The summed E-state index contributed by atoms with van der Waals surface area (Å²) < 4.78 is 23.2. The molecule has 0 aliphatic heterocycles. The molecule has 0 rings (SSSR count). The van der Waals surface area contributed by atoms with Crippen molar-refractivity contribution in [1.29, 1.82) is 0 Å². The summed E-state index contributed by atoms with van der Waals surface area (Å²) in [5.41, 5.74) is 0. The second kappa shape index (κ2) is 8.90. The lowest BCUT2D eigenvalue weighted by atomic mass is 10.1. The number of hydrogen-bond acceptors (Lipinski definition) is 4. The van der Waals surface area contributed by atoms with Gasteiger partial charge in [-0.1, -0.05) is 26.7 Å². The predicted molar refractivity (Wildman–Crippen MR) is 72.6 cm³/mol. The Labute approximate surface area is 114 Å². The first-order chi connectivity index (χ1) is 8.76. The Morgan fingerprint density at radius 2 is 1.89 bits per heavy atom. The van der Waals surface area contributed by atoms with E-state index in [4.69, 9.17) is 5.11 Å². The normalized spacial score (nSPS) is 12.9. The monoisotopic (exact) mass is 293 g/mol. The first kappa shape index (κ1) is 17.9. The van der Waals surface area contributed by atoms with Crippen molar-refractivity contribution in [2.45, 2.75) is 39.5 Å². The zero-order valence-corrected chi connectivity index (χ0v) is 12.3. The molecule has 1 amide bonds. The summed E-state index contributed by atoms with van der Waals surface area (Å²) in [6.07, 6.45) is 2.27. The lowest BCUT2D eigenvalue weighted by molar-refractivity contribution is -0.138. The quantitative estimate of drug-likeness (QED) is 0.581. The molecule has 0 saturated heterocycles. The highest BCUT2D eigenvalue weighted by atomic mass is 32.2. The summed E-state index contributed by atoms with van der Waals surface area (Å²) in [6.45, 7) is 3.84. The van der Waals surface area contributed by atoms with Crippen LogP contribution in [0, 0.1) is 5.92 Å². The van der Waals surface area contributed by atoms with Crippen LogP contribution in [-0.2, 0) is 19.4 Å². The Morgan fingerprint density at radius 3 is 2.42 bits per heavy atom. The molecule has 1 unspecified atom stereocenters. The topological polar surface area (TPSA) is 101 Å². The molecule has 0 heterocycles. The summed E-state index contributed by atoms with van der Waals surface area (Å²) in [6, 6.07) is 0. The molecule has 19 heavy (non-hydrogen) atoms. The second-order valence-corrected chi connectivity index (χ2v) is 6.99. The van der Waals surface area contributed by atoms with E-state index in [2.05, 4.69) is 5.32 Å². The standard InChI is InChI=1S/C12H23NO5S/c1-3-4-5-6-19(17,18)9-11(14)13-8-10(2)7-12(15)16/h10H,3-9H2,1-2H3,(H,13,14)(H,15,16). The van der Waals surface area contributed by atoms with Gasteiger partial charge in [-0.3, -0.25) is 9.59 Å². The third-order valence-electron chi connectivity index (χ3n) is 2.58. The molecule has 1 atom stereocenters. The Balaban J connectivity index is 3.99. The molecule has 0 aromatic carbocycles. The van der Waals surface area contributed by atoms with Crippen LogP contribution in [0.1, 0.15) is 39.5 Å². The van der Waals surface area contributed by atoms with Gasteiger partial charge in [0.2, 0.25) is 5.91 Å². The number of amides is 1. The van der Waals surface area contributed by atoms with Crippen LogP contribution in [0.5, 0.6) is 0 Å². The van der Waals surface area contributed by atoms with Crippen molar-refractivity contribution in [1.82, 2.24) is 5.32 Å². The average Bonchev–Trinajstić information content (AvgIpc) is 2.25. The van der Waals surface area contributed by atoms with Crippen molar-refractivity contribution < 1.29 is 23.1 Å². The van der Waals surface area contributed by atoms with Crippen LogP contribution in [0.25, 0.3) is 0 Å². The van der Waals surface area contributed by atoms with Gasteiger partial charge in [0, 0.05) is 13.0 Å². The van der Waals surface area contributed by atoms with Crippen LogP contribution in [-0.4, -0.2) is 43.5 Å². The van der Waals surface area contributed by atoms with Crippen molar-refractivity contribution >= 4 is 21.7 Å². The number of carbonyl (C=O) groups is 2. The van der Waals surface area contributed by atoms with Gasteiger partial charge in [0.15, 0.2) is 9.84 Å². The first-order valence-corrected chi connectivity index (χ1v) is 8.28. The largest absolute Gasteiger partial charge is 0.481 e. The van der Waals surface area contributed by atoms with Gasteiger partial charge in [-0.25, -0.2) is 8.42 Å². The number of rotatable bonds is 10. The second-order valence-electron chi connectivity index (χ2n) is 4.81. The van der Waals surface area contributed by atoms with Crippen molar-refractivity contribution in [3.05, 3.63) is 0 Å². The molecule has 7 heteroatoms. The number of unbranched alkanes of at least 4 members (excludes halogenated alkanes) is 2. The van der Waals surface area contributed by atoms with E-state index in [1.807, 2.05) is 6.92 Å². The van der Waals surface area contributed by atoms with Crippen LogP contribution in [0.2, 0.25) is 0 Å². The fraction of sp³-hybridized carbons (Fsp3) is 0.833. The van der Waals surface area contributed by atoms with Gasteiger partial charge in [-0.15, -0.1) is 0 Å². The molecular weight excluding hydrogens is 270 g/mol. The zero-order chi connectivity index (χ0) is 14.9. The van der Waals surface area contributed by atoms with Crippen LogP contribution < -0.4 is 5.32 Å². The van der Waals surface area contributed by atoms with Gasteiger partial charge in [0.25, 0.3) is 0 Å². The Kier molecular flexibility index (Phi) is 8.38. The molecule has 2 N–H and O–H groups in total. The number of carboxylic acid groups (broad SMARTS) is 1. The zero-order valence-electron chi connectivity index (χ0n) is 11.5. The van der Waals surface area contributed by atoms with Crippen molar-refractivity contribution in [3.8, 4) is 0 Å². The lowest BCUT2D eigenvalue weighted by Crippen LogP contribution is -2.34. The molecule has 0 radical (unpaired) electrons. The average molecular weight is 293 g/mol. The van der Waals surface area contributed by atoms with Crippen LogP contribution in [0.3, 0.4) is 0 Å². The minimum atomic E-state index is -3.35. The van der Waals surface area contributed by atoms with Crippen molar-refractivity contribution in [3.63, 3.8) is 0 Å². The van der Waals surface area contributed by atoms with Gasteiger partial charge >= 0.3 is 5.97 Å². The smallest absolute Gasteiger partial charge is 0.303 e. The van der Waals surface area contributed by atoms with E-state index in [0.29, 0.717) is 6.42 Å². The van der Waals surface area contributed by atoms with Crippen LogP contribution >= 0.6 is 0 Å². The predicted octanol–water partition coefficient (Wildman–Crippen LogP) is 0.818. The first-order valence-electron chi connectivity index (χ1n) is 6.45. The number of nitrogens with one attached hydrogen (secondary N) is 1. The Morgan fingerprint density at radius 1 is 1.26 bits per heavy atom. The molecule has 0 bridgehead atoms. The number of hydrogen-bond donors (Lipinski definition) is 2. The molecule has 0 aliphatic rings. The lowest BCUT2D eigenvalue weighted by Gasteiger charge is -2.10. The number of sulfone groups is 1. The maximum atomic E-state index is 11.6. The van der Waals surface area contributed by atoms with Gasteiger partial charge in [-0.05, 0) is 12.3 Å². The van der Waals surface area contributed by atoms with Crippen molar-refractivity contribution in [2.75, 3.05) is 18.1 Å². The maximum Gasteiger partial charge on any atom is 0.303 e. The van der Waals surface area contributed by atoms with Crippen LogP contribution in [0.15, 0.2) is 0 Å². The molecular formula is C12H23NO5S. The molecule has 0 aromatic rings. The van der Waals surface area contributed by atoms with E-state index in [0.717, 1.165) is 12.8 Å². The highest BCUT2D eigenvalue weighted by Gasteiger charge is 2.17. The summed E-state index contributed by atoms with van der Waals surface area (Å²) in [4.78, 5) is 21.9. The molecule has 0 aromatic heterocycles. The van der Waals surface area contributed by atoms with Crippen molar-refractivity contribution in [2.24, 2.45) is 5.92 Å². The highest BCUT2D eigenvalue weighted by Crippen LogP contribution is 2.02. The fourth-order valence-electron chi connectivity index (χ4n) is 1.55. The molecule has 0 fully saturated rings. The Bertz CT molecular complexity index is 391. The summed E-state index contributed by atoms with van der Waals surface area (Å²) in [5.74, 6) is -2.21. The third-order valence-corrected chi connectivity index (χ3v) is 4.19. The van der Waals surface area contributed by atoms with E-state index < -0.39 is 27.5 Å². The Hall–Kier alpha value is -1.11. The van der Waals surface area contributed by atoms with E-state index in [9.17, 15) is 18.0 Å². The van der Waals surface area contributed by atoms with E-state index >= 15 is 0 Å². The van der Waals surface area contributed by atoms with E-state index in [1.165, 1.54) is 0 Å². The summed E-state index contributed by atoms with van der Waals surface area (Å²) in [7, 11) is -3.35. The van der Waals surface area contributed by atoms with Crippen LogP contribution in [0.4, 0.5) is 0 Å². The summed E-state index contributed by atoms with van der Waals surface area (Å²) in [5, 5.41) is 11.0. The van der Waals surface area contributed by atoms with E-state index in [-0.39, 0.29) is 24.6 Å². The molecule has 0 spiro atoms. The van der Waals surface area contributed by atoms with Gasteiger partial charge in [0.05, 0.1) is 5.75 Å². The van der Waals surface area contributed by atoms with E-state index in [1.54, 1.807) is 6.92 Å². The number of aliphatic carboxylic acids is 1. The van der Waals surface area contributed by atoms with Gasteiger partial charge in [-0.2, -0.15) is 0 Å². The van der Waals surface area contributed by atoms with Gasteiger partial charge in [0.1, 0.15) is 5.75 Å². The van der Waals surface area contributed by atoms with Gasteiger partial charge < -0.3 is 10.4 Å². The SMILES string of the molecule is CCCCCS(=O)(=O)CC(=O)NCC(C)CC(=O)O. The maximum absolute atomic E-state index is 11.6. The molecule has 112 valence electrons. The summed E-state index contributed by atoms with van der Waals surface area (Å²) >= 11 is 0. The number of carbonyl (C=O) groups excluding carboxylic acids is 1. The molecule has 6 nitrogen and oxygen atoms in total. The molecule has 0 saturated carbocycles.